The number of hydrogen-bond acceptors (Lipinski definition) is 2. The first kappa shape index (κ1) is 11.7. The van der Waals surface area contributed by atoms with E-state index in [9.17, 15) is 9.59 Å². The summed E-state index contributed by atoms with van der Waals surface area (Å²) in [5.41, 5.74) is 4.00. The van der Waals surface area contributed by atoms with Crippen molar-refractivity contribution in [3.8, 4) is 0 Å². The first-order valence-electron chi connectivity index (χ1n) is 6.26. The van der Waals surface area contributed by atoms with Gasteiger partial charge in [0.2, 0.25) is 5.91 Å². The lowest BCUT2D eigenvalue weighted by atomic mass is 9.89. The number of halogens is 1. The van der Waals surface area contributed by atoms with Crippen molar-refractivity contribution >= 4 is 29.0 Å². The van der Waals surface area contributed by atoms with Gasteiger partial charge in [-0.05, 0) is 42.5 Å². The number of carbonyl (C=O) groups excluding carboxylic acids is 2. The summed E-state index contributed by atoms with van der Waals surface area (Å²) in [6, 6.07) is 3.82. The molecule has 2 aliphatic heterocycles. The average Bonchev–Trinajstić information content (AvgIpc) is 2.41. The predicted octanol–water partition coefficient (Wildman–Crippen LogP) is 2.33. The zero-order chi connectivity index (χ0) is 12.7. The Labute approximate surface area is 111 Å². The molecule has 4 heteroatoms. The van der Waals surface area contributed by atoms with Crippen LogP contribution in [0.4, 0.5) is 5.69 Å². The number of hydrogen-bond donors (Lipinski definition) is 0. The van der Waals surface area contributed by atoms with Crippen LogP contribution in [0, 0.1) is 0 Å². The highest BCUT2D eigenvalue weighted by molar-refractivity contribution is 6.30. The zero-order valence-corrected chi connectivity index (χ0v) is 10.8. The van der Waals surface area contributed by atoms with Gasteiger partial charge in [-0.15, -0.1) is 11.6 Å². The molecule has 18 heavy (non-hydrogen) atoms. The van der Waals surface area contributed by atoms with E-state index in [2.05, 4.69) is 0 Å². The molecule has 1 aromatic rings. The van der Waals surface area contributed by atoms with Gasteiger partial charge < -0.3 is 4.90 Å². The highest BCUT2D eigenvalue weighted by Crippen LogP contribution is 2.36. The lowest BCUT2D eigenvalue weighted by Crippen LogP contribution is -2.39. The molecule has 2 heterocycles. The van der Waals surface area contributed by atoms with Crippen molar-refractivity contribution < 1.29 is 9.59 Å². The molecule has 2 aliphatic rings. The van der Waals surface area contributed by atoms with Gasteiger partial charge in [-0.3, -0.25) is 9.59 Å². The minimum atomic E-state index is -0.0373. The smallest absolute Gasteiger partial charge is 0.227 e. The second-order valence-electron chi connectivity index (χ2n) is 4.85. The zero-order valence-electron chi connectivity index (χ0n) is 10.0. The Bertz CT molecular complexity index is 522. The molecule has 3 rings (SSSR count). The van der Waals surface area contributed by atoms with Crippen LogP contribution >= 0.6 is 11.6 Å². The van der Waals surface area contributed by atoms with Crippen molar-refractivity contribution in [1.29, 1.82) is 0 Å². The monoisotopic (exact) mass is 263 g/mol. The van der Waals surface area contributed by atoms with Gasteiger partial charge >= 0.3 is 0 Å². The third kappa shape index (κ3) is 1.74. The number of amides is 1. The first-order chi connectivity index (χ1) is 8.70. The Balaban J connectivity index is 2.14. The molecule has 0 aromatic heterocycles. The Kier molecular flexibility index (Phi) is 2.86. The van der Waals surface area contributed by atoms with E-state index in [-0.39, 0.29) is 17.6 Å². The first-order valence-corrected chi connectivity index (χ1v) is 6.79. The van der Waals surface area contributed by atoms with Gasteiger partial charge in [0.25, 0.3) is 0 Å². The minimum absolute atomic E-state index is 0.0148. The molecular weight excluding hydrogens is 250 g/mol. The SMILES string of the molecule is O=C(CCl)c1cc2c3c(c1)CCC(=O)N3CCC2. The second kappa shape index (κ2) is 4.39. The molecule has 0 unspecified atom stereocenters. The molecule has 1 amide bonds. The van der Waals surface area contributed by atoms with Gasteiger partial charge in [-0.1, -0.05) is 0 Å². The van der Waals surface area contributed by atoms with Gasteiger partial charge in [0, 0.05) is 18.5 Å². The topological polar surface area (TPSA) is 37.4 Å². The van der Waals surface area contributed by atoms with Gasteiger partial charge in [-0.25, -0.2) is 0 Å². The second-order valence-corrected chi connectivity index (χ2v) is 5.12. The molecule has 0 radical (unpaired) electrons. The molecule has 94 valence electrons. The van der Waals surface area contributed by atoms with Crippen molar-refractivity contribution in [2.45, 2.75) is 25.7 Å². The third-order valence-corrected chi connectivity index (χ3v) is 3.96. The molecule has 1 aromatic carbocycles. The lowest BCUT2D eigenvalue weighted by Gasteiger charge is -2.35. The number of alkyl halides is 1. The maximum atomic E-state index is 11.9. The Hall–Kier alpha value is -1.35. The van der Waals surface area contributed by atoms with E-state index in [1.54, 1.807) is 0 Å². The molecule has 3 nitrogen and oxygen atoms in total. The van der Waals surface area contributed by atoms with Gasteiger partial charge in [-0.2, -0.15) is 0 Å². The quantitative estimate of drug-likeness (QED) is 0.607. The molecule has 0 aliphatic carbocycles. The Morgan fingerprint density at radius 2 is 1.94 bits per heavy atom. The van der Waals surface area contributed by atoms with Crippen molar-refractivity contribution in [1.82, 2.24) is 0 Å². The number of aryl methyl sites for hydroxylation is 2. The fourth-order valence-corrected chi connectivity index (χ4v) is 3.05. The Morgan fingerprint density at radius 3 is 2.67 bits per heavy atom. The van der Waals surface area contributed by atoms with Crippen LogP contribution in [0.1, 0.15) is 34.3 Å². The molecular formula is C14H14ClNO2. The summed E-state index contributed by atoms with van der Waals surface area (Å²) in [7, 11) is 0. The lowest BCUT2D eigenvalue weighted by molar-refractivity contribution is -0.119. The van der Waals surface area contributed by atoms with Crippen molar-refractivity contribution in [2.24, 2.45) is 0 Å². The van der Waals surface area contributed by atoms with E-state index in [4.69, 9.17) is 11.6 Å². The molecule has 0 N–H and O–H groups in total. The predicted molar refractivity (Wildman–Crippen MR) is 70.5 cm³/mol. The van der Waals surface area contributed by atoms with E-state index in [0.29, 0.717) is 12.0 Å². The molecule has 0 saturated heterocycles. The van der Waals surface area contributed by atoms with E-state index in [1.807, 2.05) is 17.0 Å². The summed E-state index contributed by atoms with van der Waals surface area (Å²) in [5.74, 6) is 0.186. The maximum Gasteiger partial charge on any atom is 0.227 e. The molecule has 0 saturated carbocycles. The summed E-state index contributed by atoms with van der Waals surface area (Å²) < 4.78 is 0. The number of Topliss-reactive ketones (excluding diaryl/α,β-unsaturated/α-hetero) is 1. The van der Waals surface area contributed by atoms with Gasteiger partial charge in [0.1, 0.15) is 0 Å². The number of nitrogens with zero attached hydrogens (tertiary/aromatic N) is 1. The fraction of sp³-hybridized carbons (Fsp3) is 0.429. The van der Waals surface area contributed by atoms with Crippen LogP contribution in [0.5, 0.6) is 0 Å². The van der Waals surface area contributed by atoms with Gasteiger partial charge in [0.15, 0.2) is 5.78 Å². The number of anilines is 1. The Morgan fingerprint density at radius 1 is 1.22 bits per heavy atom. The van der Waals surface area contributed by atoms with Crippen LogP contribution in [-0.2, 0) is 17.6 Å². The van der Waals surface area contributed by atoms with Crippen LogP contribution in [0.2, 0.25) is 0 Å². The van der Waals surface area contributed by atoms with Gasteiger partial charge in [0.05, 0.1) is 11.6 Å². The average molecular weight is 264 g/mol. The van der Waals surface area contributed by atoms with Crippen LogP contribution in [0.25, 0.3) is 0 Å². The summed E-state index contributed by atoms with van der Waals surface area (Å²) in [5, 5.41) is 0. The number of rotatable bonds is 2. The normalized spacial score (nSPS) is 17.6. The van der Waals surface area contributed by atoms with Crippen LogP contribution in [0.3, 0.4) is 0 Å². The van der Waals surface area contributed by atoms with E-state index < -0.39 is 0 Å². The summed E-state index contributed by atoms with van der Waals surface area (Å²) in [6.45, 7) is 0.807. The fourth-order valence-electron chi connectivity index (χ4n) is 2.89. The van der Waals surface area contributed by atoms with Crippen LogP contribution in [0.15, 0.2) is 12.1 Å². The van der Waals surface area contributed by atoms with Crippen molar-refractivity contribution in [3.05, 3.63) is 28.8 Å². The molecule has 0 spiro atoms. The van der Waals surface area contributed by atoms with E-state index >= 15 is 0 Å². The van der Waals surface area contributed by atoms with Crippen molar-refractivity contribution in [3.63, 3.8) is 0 Å². The number of carbonyl (C=O) groups is 2. The van der Waals surface area contributed by atoms with Crippen LogP contribution < -0.4 is 4.90 Å². The largest absolute Gasteiger partial charge is 0.312 e. The van der Waals surface area contributed by atoms with E-state index in [1.165, 1.54) is 0 Å². The maximum absolute atomic E-state index is 11.9. The standard InChI is InChI=1S/C14H14ClNO2/c15-8-12(17)11-6-9-2-1-5-16-13(18)4-3-10(7-11)14(9)16/h6-7H,1-5,8H2. The molecule has 0 fully saturated rings. The summed E-state index contributed by atoms with van der Waals surface area (Å²) in [4.78, 5) is 25.5. The number of benzene rings is 1. The van der Waals surface area contributed by atoms with Crippen molar-refractivity contribution in [2.75, 3.05) is 17.3 Å². The highest BCUT2D eigenvalue weighted by Gasteiger charge is 2.30. The van der Waals surface area contributed by atoms with Crippen LogP contribution in [-0.4, -0.2) is 24.1 Å². The molecule has 0 bridgehead atoms. The van der Waals surface area contributed by atoms with E-state index in [0.717, 1.165) is 42.6 Å². The summed E-state index contributed by atoms with van der Waals surface area (Å²) in [6.07, 6.45) is 3.19. The number of ketones is 1. The highest BCUT2D eigenvalue weighted by atomic mass is 35.5. The third-order valence-electron chi connectivity index (χ3n) is 3.72. The minimum Gasteiger partial charge on any atom is -0.312 e. The molecule has 0 atom stereocenters. The summed E-state index contributed by atoms with van der Waals surface area (Å²) >= 11 is 5.62.